The van der Waals surface area contributed by atoms with E-state index in [1.54, 1.807) is 0 Å². The molecule has 5 nitrogen and oxygen atoms in total. The van der Waals surface area contributed by atoms with Crippen LogP contribution in [0.3, 0.4) is 0 Å². The van der Waals surface area contributed by atoms with E-state index in [1.165, 1.54) is 4.90 Å². The lowest BCUT2D eigenvalue weighted by Gasteiger charge is -2.37. The van der Waals surface area contributed by atoms with Crippen LogP contribution in [0, 0.1) is 5.92 Å². The molecule has 0 spiro atoms. The summed E-state index contributed by atoms with van der Waals surface area (Å²) >= 11 is 0. The SMILES string of the molecule is CCC[C@@]1(C2CCNCC2)NC(=O)N(CCCCF)C1=O. The van der Waals surface area contributed by atoms with E-state index in [4.69, 9.17) is 0 Å². The molecule has 2 N–H and O–H groups in total. The Hall–Kier alpha value is -1.17. The number of hydrogen-bond donors (Lipinski definition) is 2. The van der Waals surface area contributed by atoms with Gasteiger partial charge in [-0.15, -0.1) is 0 Å². The van der Waals surface area contributed by atoms with Gasteiger partial charge in [0.1, 0.15) is 5.54 Å². The van der Waals surface area contributed by atoms with Gasteiger partial charge in [-0.3, -0.25) is 14.1 Å². The summed E-state index contributed by atoms with van der Waals surface area (Å²) in [6, 6.07) is -0.300. The van der Waals surface area contributed by atoms with Crippen LogP contribution in [-0.4, -0.2) is 48.7 Å². The van der Waals surface area contributed by atoms with Crippen molar-refractivity contribution in [1.82, 2.24) is 15.5 Å². The largest absolute Gasteiger partial charge is 0.325 e. The number of nitrogens with one attached hydrogen (secondary N) is 2. The summed E-state index contributed by atoms with van der Waals surface area (Å²) in [7, 11) is 0. The second kappa shape index (κ2) is 7.20. The minimum atomic E-state index is -0.732. The molecule has 0 unspecified atom stereocenters. The van der Waals surface area contributed by atoms with Gasteiger partial charge in [-0.2, -0.15) is 0 Å². The van der Waals surface area contributed by atoms with Gasteiger partial charge in [0.15, 0.2) is 0 Å². The Morgan fingerprint density at radius 3 is 2.62 bits per heavy atom. The van der Waals surface area contributed by atoms with Gasteiger partial charge < -0.3 is 10.6 Å². The molecule has 0 aliphatic carbocycles. The molecule has 6 heteroatoms. The Labute approximate surface area is 125 Å². The highest BCUT2D eigenvalue weighted by molar-refractivity contribution is 6.07. The highest BCUT2D eigenvalue weighted by Gasteiger charge is 2.54. The summed E-state index contributed by atoms with van der Waals surface area (Å²) in [6.07, 6.45) is 4.28. The van der Waals surface area contributed by atoms with E-state index in [0.29, 0.717) is 25.8 Å². The molecule has 0 aromatic rings. The summed E-state index contributed by atoms with van der Waals surface area (Å²) in [5.41, 5.74) is -0.732. The Kier molecular flexibility index (Phi) is 5.56. The average Bonchev–Trinajstić information content (AvgIpc) is 2.74. The number of alkyl halides is 1. The first-order valence-electron chi connectivity index (χ1n) is 8.06. The van der Waals surface area contributed by atoms with Gasteiger partial charge in [0, 0.05) is 6.54 Å². The Morgan fingerprint density at radius 2 is 2.00 bits per heavy atom. The third kappa shape index (κ3) is 3.20. The average molecular weight is 299 g/mol. The predicted octanol–water partition coefficient (Wildman–Crippen LogP) is 1.83. The summed E-state index contributed by atoms with van der Waals surface area (Å²) in [6.45, 7) is 3.74. The zero-order chi connectivity index (χ0) is 15.3. The molecule has 0 radical (unpaired) electrons. The van der Waals surface area contributed by atoms with E-state index in [2.05, 4.69) is 10.6 Å². The number of unbranched alkanes of at least 4 members (excludes halogenated alkanes) is 1. The molecule has 2 fully saturated rings. The van der Waals surface area contributed by atoms with Crippen molar-refractivity contribution in [2.24, 2.45) is 5.92 Å². The molecule has 2 aliphatic rings. The zero-order valence-corrected chi connectivity index (χ0v) is 12.8. The monoisotopic (exact) mass is 299 g/mol. The van der Waals surface area contributed by atoms with Gasteiger partial charge in [-0.25, -0.2) is 4.79 Å². The standard InChI is InChI=1S/C15H26FN3O2/c1-2-7-15(12-5-9-17-10-6-12)13(20)19(14(21)18-15)11-4-3-8-16/h12,17H,2-11H2,1H3,(H,18,21)/t15-/m0/s1. The van der Waals surface area contributed by atoms with Crippen LogP contribution < -0.4 is 10.6 Å². The first kappa shape index (κ1) is 16.2. The Bertz CT molecular complexity index is 385. The molecule has 2 aliphatic heterocycles. The highest BCUT2D eigenvalue weighted by atomic mass is 19.1. The lowest BCUT2D eigenvalue weighted by atomic mass is 9.75. The zero-order valence-electron chi connectivity index (χ0n) is 12.8. The number of carbonyl (C=O) groups excluding carboxylic acids is 2. The van der Waals surface area contributed by atoms with Crippen LogP contribution >= 0.6 is 0 Å². The smallest absolute Gasteiger partial charge is 0.323 e. The summed E-state index contributed by atoms with van der Waals surface area (Å²) in [4.78, 5) is 26.3. The maximum Gasteiger partial charge on any atom is 0.325 e. The molecule has 2 heterocycles. The van der Waals surface area contributed by atoms with E-state index in [1.807, 2.05) is 6.92 Å². The second-order valence-electron chi connectivity index (χ2n) is 6.03. The van der Waals surface area contributed by atoms with E-state index < -0.39 is 12.2 Å². The predicted molar refractivity (Wildman–Crippen MR) is 78.7 cm³/mol. The fraction of sp³-hybridized carbons (Fsp3) is 0.867. The van der Waals surface area contributed by atoms with Crippen molar-refractivity contribution in [3.63, 3.8) is 0 Å². The molecule has 0 aromatic carbocycles. The lowest BCUT2D eigenvalue weighted by Crippen LogP contribution is -2.55. The van der Waals surface area contributed by atoms with E-state index >= 15 is 0 Å². The maximum absolute atomic E-state index is 12.8. The van der Waals surface area contributed by atoms with Gasteiger partial charge in [0.05, 0.1) is 6.67 Å². The molecule has 2 saturated heterocycles. The van der Waals surface area contributed by atoms with Crippen LogP contribution in [0.25, 0.3) is 0 Å². The molecule has 3 amide bonds. The minimum absolute atomic E-state index is 0.0971. The van der Waals surface area contributed by atoms with Gasteiger partial charge in [0.25, 0.3) is 5.91 Å². The van der Waals surface area contributed by atoms with Gasteiger partial charge in [-0.1, -0.05) is 13.3 Å². The summed E-state index contributed by atoms with van der Waals surface area (Å²) in [5.74, 6) is 0.0985. The molecular weight excluding hydrogens is 273 g/mol. The van der Waals surface area contributed by atoms with Crippen LogP contribution in [0.5, 0.6) is 0 Å². The molecule has 0 bridgehead atoms. The fourth-order valence-corrected chi connectivity index (χ4v) is 3.57. The van der Waals surface area contributed by atoms with Gasteiger partial charge >= 0.3 is 6.03 Å². The normalized spacial score (nSPS) is 27.2. The number of halogens is 1. The number of nitrogens with zero attached hydrogens (tertiary/aromatic N) is 1. The molecule has 0 aromatic heterocycles. The van der Waals surface area contributed by atoms with Crippen LogP contribution in [-0.2, 0) is 4.79 Å². The van der Waals surface area contributed by atoms with Gasteiger partial charge in [0.2, 0.25) is 0 Å². The van der Waals surface area contributed by atoms with Crippen LogP contribution in [0.15, 0.2) is 0 Å². The number of hydrogen-bond acceptors (Lipinski definition) is 3. The van der Waals surface area contributed by atoms with Crippen molar-refractivity contribution < 1.29 is 14.0 Å². The van der Waals surface area contributed by atoms with Crippen LogP contribution in [0.2, 0.25) is 0 Å². The van der Waals surface area contributed by atoms with E-state index in [-0.39, 0.29) is 17.9 Å². The number of urea groups is 1. The van der Waals surface area contributed by atoms with E-state index in [0.717, 1.165) is 32.4 Å². The lowest BCUT2D eigenvalue weighted by molar-refractivity contribution is -0.134. The third-order valence-corrected chi connectivity index (χ3v) is 4.65. The van der Waals surface area contributed by atoms with Crippen molar-refractivity contribution in [3.05, 3.63) is 0 Å². The first-order chi connectivity index (χ1) is 10.2. The van der Waals surface area contributed by atoms with Crippen LogP contribution in [0.1, 0.15) is 45.4 Å². The van der Waals surface area contributed by atoms with E-state index in [9.17, 15) is 14.0 Å². The van der Waals surface area contributed by atoms with Crippen LogP contribution in [0.4, 0.5) is 9.18 Å². The molecule has 2 rings (SSSR count). The number of carbonyl (C=O) groups is 2. The fourth-order valence-electron chi connectivity index (χ4n) is 3.57. The highest BCUT2D eigenvalue weighted by Crippen LogP contribution is 2.35. The number of amides is 3. The van der Waals surface area contributed by atoms with Crippen molar-refractivity contribution in [2.75, 3.05) is 26.3 Å². The van der Waals surface area contributed by atoms with Crippen molar-refractivity contribution >= 4 is 11.9 Å². The van der Waals surface area contributed by atoms with Crippen molar-refractivity contribution in [1.29, 1.82) is 0 Å². The van der Waals surface area contributed by atoms with Crippen molar-refractivity contribution in [2.45, 2.75) is 51.0 Å². The molecule has 21 heavy (non-hydrogen) atoms. The number of imide groups is 1. The molecule has 120 valence electrons. The quantitative estimate of drug-likeness (QED) is 0.557. The molecule has 1 atom stereocenters. The van der Waals surface area contributed by atoms with Gasteiger partial charge in [-0.05, 0) is 51.1 Å². The third-order valence-electron chi connectivity index (χ3n) is 4.65. The summed E-state index contributed by atoms with van der Waals surface area (Å²) < 4.78 is 12.2. The Morgan fingerprint density at radius 1 is 1.29 bits per heavy atom. The summed E-state index contributed by atoms with van der Waals surface area (Å²) in [5, 5.41) is 6.28. The second-order valence-corrected chi connectivity index (χ2v) is 6.03. The Balaban J connectivity index is 2.13. The first-order valence-corrected chi connectivity index (χ1v) is 8.06. The minimum Gasteiger partial charge on any atom is -0.323 e. The topological polar surface area (TPSA) is 61.4 Å². The number of rotatable bonds is 7. The molecular formula is C15H26FN3O2. The van der Waals surface area contributed by atoms with Crippen molar-refractivity contribution in [3.8, 4) is 0 Å². The number of piperidine rings is 1. The maximum atomic E-state index is 12.8. The molecule has 0 saturated carbocycles.